The number of benzene rings is 2. The molecule has 0 aliphatic heterocycles. The highest BCUT2D eigenvalue weighted by atomic mass is 79.9. The van der Waals surface area contributed by atoms with Gasteiger partial charge in [0.05, 0.1) is 11.3 Å². The third-order valence-corrected chi connectivity index (χ3v) is 3.92. The Morgan fingerprint density at radius 3 is 2.43 bits per heavy atom. The molecule has 0 aromatic heterocycles. The van der Waals surface area contributed by atoms with Gasteiger partial charge in [-0.3, -0.25) is 4.79 Å². The lowest BCUT2D eigenvalue weighted by molar-refractivity contribution is 0.101. The number of carbonyl (C=O) groups excluding carboxylic acids is 1. The monoisotopic (exact) mass is 347 g/mol. The molecule has 2 N–H and O–H groups in total. The minimum atomic E-state index is -0.0699. The second-order valence-corrected chi connectivity index (χ2v) is 6.00. The highest BCUT2D eigenvalue weighted by Crippen LogP contribution is 2.32. The van der Waals surface area contributed by atoms with Gasteiger partial charge in [0.25, 0.3) is 0 Å². The van der Waals surface area contributed by atoms with E-state index in [1.165, 1.54) is 6.92 Å². The van der Waals surface area contributed by atoms with E-state index in [0.717, 1.165) is 21.2 Å². The van der Waals surface area contributed by atoms with E-state index in [2.05, 4.69) is 15.9 Å². The quantitative estimate of drug-likeness (QED) is 0.657. The Bertz CT molecular complexity index is 675. The molecule has 2 rings (SSSR count). The van der Waals surface area contributed by atoms with Crippen molar-refractivity contribution in [3.63, 3.8) is 0 Å². The predicted octanol–water partition coefficient (Wildman–Crippen LogP) is 4.43. The van der Waals surface area contributed by atoms with Crippen molar-refractivity contribution in [1.82, 2.24) is 0 Å². The first-order chi connectivity index (χ1) is 9.90. The zero-order valence-electron chi connectivity index (χ0n) is 12.4. The van der Waals surface area contributed by atoms with Gasteiger partial charge in [-0.15, -0.1) is 0 Å². The van der Waals surface area contributed by atoms with Crippen molar-refractivity contribution in [3.05, 3.63) is 57.1 Å². The fraction of sp³-hybridized carbons (Fsp3) is 0.235. The molecule has 0 fully saturated rings. The number of ketones is 1. The Morgan fingerprint density at radius 1 is 1.24 bits per heavy atom. The van der Waals surface area contributed by atoms with Crippen molar-refractivity contribution >= 4 is 27.4 Å². The SMILES string of the molecule is CC(=O)c1cc(Br)cc(N)c1OCc1c(C)cccc1C. The molecule has 2 aromatic carbocycles. The molecule has 0 amide bonds. The largest absolute Gasteiger partial charge is 0.486 e. The average Bonchev–Trinajstić information content (AvgIpc) is 2.39. The van der Waals surface area contributed by atoms with Crippen LogP contribution >= 0.6 is 15.9 Å². The maximum Gasteiger partial charge on any atom is 0.163 e. The number of hydrogen-bond donors (Lipinski definition) is 1. The minimum Gasteiger partial charge on any atom is -0.486 e. The van der Waals surface area contributed by atoms with Gasteiger partial charge in [-0.25, -0.2) is 0 Å². The smallest absolute Gasteiger partial charge is 0.163 e. The Balaban J connectivity index is 2.34. The summed E-state index contributed by atoms with van der Waals surface area (Å²) < 4.78 is 6.63. The highest BCUT2D eigenvalue weighted by molar-refractivity contribution is 9.10. The number of nitrogen functional groups attached to an aromatic ring is 1. The first-order valence-electron chi connectivity index (χ1n) is 6.68. The topological polar surface area (TPSA) is 52.3 Å². The molecule has 21 heavy (non-hydrogen) atoms. The van der Waals surface area contributed by atoms with Crippen LogP contribution in [0.5, 0.6) is 5.75 Å². The average molecular weight is 348 g/mol. The molecular formula is C17H18BrNO2. The maximum atomic E-state index is 11.8. The fourth-order valence-corrected chi connectivity index (χ4v) is 2.73. The number of aryl methyl sites for hydroxylation is 2. The summed E-state index contributed by atoms with van der Waals surface area (Å²) in [5.41, 5.74) is 10.4. The number of nitrogens with two attached hydrogens (primary N) is 1. The van der Waals surface area contributed by atoms with Crippen LogP contribution in [0.3, 0.4) is 0 Å². The van der Waals surface area contributed by atoms with Crippen molar-refractivity contribution in [3.8, 4) is 5.75 Å². The van der Waals surface area contributed by atoms with Crippen LogP contribution < -0.4 is 10.5 Å². The summed E-state index contributed by atoms with van der Waals surface area (Å²) in [6.07, 6.45) is 0. The van der Waals surface area contributed by atoms with Gasteiger partial charge in [-0.2, -0.15) is 0 Å². The van der Waals surface area contributed by atoms with Crippen LogP contribution in [0.15, 0.2) is 34.8 Å². The Morgan fingerprint density at radius 2 is 1.86 bits per heavy atom. The normalized spacial score (nSPS) is 10.5. The minimum absolute atomic E-state index is 0.0699. The Hall–Kier alpha value is -1.81. The summed E-state index contributed by atoms with van der Waals surface area (Å²) in [7, 11) is 0. The molecule has 0 saturated carbocycles. The number of ether oxygens (including phenoxy) is 1. The zero-order chi connectivity index (χ0) is 15.6. The lowest BCUT2D eigenvalue weighted by Crippen LogP contribution is -2.07. The van der Waals surface area contributed by atoms with Gasteiger partial charge in [0.2, 0.25) is 0 Å². The summed E-state index contributed by atoms with van der Waals surface area (Å²) in [5.74, 6) is 0.382. The van der Waals surface area contributed by atoms with Crippen molar-refractivity contribution in [1.29, 1.82) is 0 Å². The Kier molecular flexibility index (Phi) is 4.68. The molecule has 0 radical (unpaired) electrons. The van der Waals surface area contributed by atoms with E-state index < -0.39 is 0 Å². The lowest BCUT2D eigenvalue weighted by Gasteiger charge is -2.15. The number of anilines is 1. The predicted molar refractivity (Wildman–Crippen MR) is 88.8 cm³/mol. The number of halogens is 1. The summed E-state index contributed by atoms with van der Waals surface area (Å²) in [6, 6.07) is 9.58. The second kappa shape index (κ2) is 6.31. The molecule has 3 nitrogen and oxygen atoms in total. The van der Waals surface area contributed by atoms with Gasteiger partial charge < -0.3 is 10.5 Å². The third kappa shape index (κ3) is 3.45. The van der Waals surface area contributed by atoms with Crippen LogP contribution in [-0.2, 0) is 6.61 Å². The van der Waals surface area contributed by atoms with E-state index in [0.29, 0.717) is 23.6 Å². The third-order valence-electron chi connectivity index (χ3n) is 3.47. The van der Waals surface area contributed by atoms with Gasteiger partial charge >= 0.3 is 0 Å². The van der Waals surface area contributed by atoms with Crippen LogP contribution in [0.2, 0.25) is 0 Å². The fourth-order valence-electron chi connectivity index (χ4n) is 2.26. The molecule has 0 atom stereocenters. The summed E-state index contributed by atoms with van der Waals surface area (Å²) in [5, 5.41) is 0. The molecule has 0 aliphatic rings. The summed E-state index contributed by atoms with van der Waals surface area (Å²) in [4.78, 5) is 11.8. The zero-order valence-corrected chi connectivity index (χ0v) is 14.0. The van der Waals surface area contributed by atoms with E-state index in [-0.39, 0.29) is 5.78 Å². The summed E-state index contributed by atoms with van der Waals surface area (Å²) in [6.45, 7) is 5.99. The molecule has 0 saturated heterocycles. The molecule has 110 valence electrons. The van der Waals surface area contributed by atoms with Crippen molar-refractivity contribution in [2.75, 3.05) is 5.73 Å². The molecule has 0 spiro atoms. The van der Waals surface area contributed by atoms with Crippen LogP contribution in [0.4, 0.5) is 5.69 Å². The molecular weight excluding hydrogens is 330 g/mol. The number of hydrogen-bond acceptors (Lipinski definition) is 3. The first kappa shape index (κ1) is 15.6. The van der Waals surface area contributed by atoms with E-state index in [1.54, 1.807) is 12.1 Å². The highest BCUT2D eigenvalue weighted by Gasteiger charge is 2.14. The van der Waals surface area contributed by atoms with Crippen molar-refractivity contribution in [2.24, 2.45) is 0 Å². The van der Waals surface area contributed by atoms with E-state index in [1.807, 2.05) is 32.0 Å². The molecule has 2 aromatic rings. The van der Waals surface area contributed by atoms with Crippen LogP contribution in [-0.4, -0.2) is 5.78 Å². The van der Waals surface area contributed by atoms with Gasteiger partial charge in [0.15, 0.2) is 11.5 Å². The second-order valence-electron chi connectivity index (χ2n) is 5.09. The molecule has 0 aliphatic carbocycles. The summed E-state index contributed by atoms with van der Waals surface area (Å²) >= 11 is 3.35. The molecule has 0 unspecified atom stereocenters. The standard InChI is InChI=1S/C17H18BrNO2/c1-10-5-4-6-11(2)15(10)9-21-17-14(12(3)20)7-13(18)8-16(17)19/h4-8H,9,19H2,1-3H3. The number of Topliss-reactive ketones (excluding diaryl/α,β-unsaturated/α-hetero) is 1. The van der Waals surface area contributed by atoms with Crippen molar-refractivity contribution in [2.45, 2.75) is 27.4 Å². The van der Waals surface area contributed by atoms with Gasteiger partial charge in [-0.05, 0) is 49.6 Å². The van der Waals surface area contributed by atoms with Crippen LogP contribution in [0, 0.1) is 13.8 Å². The van der Waals surface area contributed by atoms with E-state index in [4.69, 9.17) is 10.5 Å². The van der Waals surface area contributed by atoms with E-state index >= 15 is 0 Å². The van der Waals surface area contributed by atoms with Crippen LogP contribution in [0.25, 0.3) is 0 Å². The van der Waals surface area contributed by atoms with Gasteiger partial charge in [-0.1, -0.05) is 34.1 Å². The van der Waals surface area contributed by atoms with Crippen molar-refractivity contribution < 1.29 is 9.53 Å². The van der Waals surface area contributed by atoms with Gasteiger partial charge in [0, 0.05) is 4.47 Å². The Labute approximate surface area is 133 Å². The number of carbonyl (C=O) groups is 1. The first-order valence-corrected chi connectivity index (χ1v) is 7.47. The lowest BCUT2D eigenvalue weighted by atomic mass is 10.0. The molecule has 0 bridgehead atoms. The molecule has 0 heterocycles. The molecule has 4 heteroatoms. The number of rotatable bonds is 4. The van der Waals surface area contributed by atoms with Crippen LogP contribution in [0.1, 0.15) is 34.0 Å². The van der Waals surface area contributed by atoms with Gasteiger partial charge in [0.1, 0.15) is 6.61 Å². The maximum absolute atomic E-state index is 11.8. The van der Waals surface area contributed by atoms with E-state index in [9.17, 15) is 4.79 Å².